The van der Waals surface area contributed by atoms with E-state index in [-0.39, 0.29) is 6.04 Å². The van der Waals surface area contributed by atoms with Gasteiger partial charge in [0.25, 0.3) is 0 Å². The molecule has 27 heavy (non-hydrogen) atoms. The molecule has 144 valence electrons. The summed E-state index contributed by atoms with van der Waals surface area (Å²) in [6.45, 7) is 1.16. The fourth-order valence-corrected chi connectivity index (χ4v) is 4.87. The number of hydrogen-bond acceptors (Lipinski definition) is 5. The van der Waals surface area contributed by atoms with Gasteiger partial charge in [-0.05, 0) is 43.1 Å². The third-order valence-electron chi connectivity index (χ3n) is 4.42. The molecule has 3 N–H and O–H groups in total. The molecule has 3 rings (SSSR count). The number of thiophene rings is 2. The van der Waals surface area contributed by atoms with Crippen LogP contribution in [0.1, 0.15) is 21.9 Å². The highest BCUT2D eigenvalue weighted by molar-refractivity contribution is 7.19. The smallest absolute Gasteiger partial charge is 0.191 e. The highest BCUT2D eigenvalue weighted by Gasteiger charge is 2.16. The number of nitrogens with one attached hydrogen (secondary N) is 2. The summed E-state index contributed by atoms with van der Waals surface area (Å²) < 4.78 is 1.19. The van der Waals surface area contributed by atoms with Crippen molar-refractivity contribution in [3.8, 4) is 0 Å². The molecule has 0 fully saturated rings. The number of aliphatic hydroxyl groups excluding tert-OH is 1. The molecule has 0 bridgehead atoms. The number of fused-ring (bicyclic) bond motifs is 1. The Morgan fingerprint density at radius 2 is 1.89 bits per heavy atom. The van der Waals surface area contributed by atoms with Crippen LogP contribution in [0.5, 0.6) is 0 Å². The second-order valence-electron chi connectivity index (χ2n) is 6.53. The molecule has 0 saturated heterocycles. The average molecular weight is 403 g/mol. The summed E-state index contributed by atoms with van der Waals surface area (Å²) in [5.74, 6) is 0.693. The van der Waals surface area contributed by atoms with Gasteiger partial charge < -0.3 is 20.6 Å². The second-order valence-corrected chi connectivity index (χ2v) is 8.63. The lowest BCUT2D eigenvalue weighted by Gasteiger charge is -2.24. The van der Waals surface area contributed by atoms with E-state index >= 15 is 0 Å². The number of guanidine groups is 1. The van der Waals surface area contributed by atoms with E-state index in [9.17, 15) is 5.11 Å². The van der Waals surface area contributed by atoms with Gasteiger partial charge in [0.2, 0.25) is 0 Å². The van der Waals surface area contributed by atoms with E-state index in [4.69, 9.17) is 0 Å². The highest BCUT2D eigenvalue weighted by Crippen LogP contribution is 2.29. The molecule has 5 nitrogen and oxygen atoms in total. The summed E-state index contributed by atoms with van der Waals surface area (Å²) in [4.78, 5) is 8.75. The maximum absolute atomic E-state index is 10.5. The molecular weight excluding hydrogens is 376 g/mol. The molecule has 0 aliphatic carbocycles. The normalized spacial score (nSPS) is 14.5. The Morgan fingerprint density at radius 3 is 2.56 bits per heavy atom. The summed E-state index contributed by atoms with van der Waals surface area (Å²) in [5, 5.41) is 20.4. The molecule has 0 amide bonds. The quantitative estimate of drug-likeness (QED) is 0.418. The molecule has 0 spiro atoms. The fraction of sp³-hybridized carbons (Fsp3) is 0.350. The van der Waals surface area contributed by atoms with Gasteiger partial charge in [-0.3, -0.25) is 4.99 Å². The summed E-state index contributed by atoms with van der Waals surface area (Å²) in [6, 6.07) is 14.7. The highest BCUT2D eigenvalue weighted by atomic mass is 32.1. The Labute approximate surface area is 168 Å². The van der Waals surface area contributed by atoms with Crippen molar-refractivity contribution < 1.29 is 5.11 Å². The number of hydrogen-bond donors (Lipinski definition) is 3. The van der Waals surface area contributed by atoms with Crippen molar-refractivity contribution in [2.75, 3.05) is 34.2 Å². The Morgan fingerprint density at radius 1 is 1.11 bits per heavy atom. The zero-order valence-electron chi connectivity index (χ0n) is 15.8. The predicted molar refractivity (Wildman–Crippen MR) is 117 cm³/mol. The van der Waals surface area contributed by atoms with E-state index in [1.165, 1.54) is 15.0 Å². The van der Waals surface area contributed by atoms with Crippen molar-refractivity contribution >= 4 is 38.7 Å². The molecule has 2 unspecified atom stereocenters. The summed E-state index contributed by atoms with van der Waals surface area (Å²) in [6.07, 6.45) is -0.567. The lowest BCUT2D eigenvalue weighted by Crippen LogP contribution is -2.42. The molecule has 2 heterocycles. The third-order valence-corrected chi connectivity index (χ3v) is 6.61. The standard InChI is InChI=1S/C20H26N4OS2/c1-21-20(22-12-15(24(2)3)18-9-6-10-26-18)23-13-16(25)19-11-14-7-4-5-8-17(14)27-19/h4-11,15-16,25H,12-13H2,1-3H3,(H2,21,22,23). The van der Waals surface area contributed by atoms with Gasteiger partial charge in [-0.25, -0.2) is 0 Å². The number of aliphatic hydroxyl groups is 1. The van der Waals surface area contributed by atoms with Crippen LogP contribution in [0.4, 0.5) is 0 Å². The van der Waals surface area contributed by atoms with Crippen molar-refractivity contribution in [2.45, 2.75) is 12.1 Å². The van der Waals surface area contributed by atoms with Crippen molar-refractivity contribution in [2.24, 2.45) is 4.99 Å². The lowest BCUT2D eigenvalue weighted by molar-refractivity contribution is 0.184. The van der Waals surface area contributed by atoms with Crippen LogP contribution in [-0.2, 0) is 0 Å². The predicted octanol–water partition coefficient (Wildman–Crippen LogP) is 3.46. The van der Waals surface area contributed by atoms with Gasteiger partial charge in [0, 0.05) is 34.6 Å². The van der Waals surface area contributed by atoms with E-state index < -0.39 is 6.10 Å². The van der Waals surface area contributed by atoms with Crippen molar-refractivity contribution in [1.82, 2.24) is 15.5 Å². The second kappa shape index (κ2) is 9.32. The molecular formula is C20H26N4OS2. The minimum absolute atomic E-state index is 0.274. The first kappa shape index (κ1) is 19.8. The van der Waals surface area contributed by atoms with Crippen LogP contribution in [0.15, 0.2) is 52.8 Å². The Hall–Kier alpha value is -1.93. The monoisotopic (exact) mass is 402 g/mol. The van der Waals surface area contributed by atoms with Crippen LogP contribution < -0.4 is 10.6 Å². The minimum atomic E-state index is -0.567. The van der Waals surface area contributed by atoms with Gasteiger partial charge in [-0.2, -0.15) is 0 Å². The first-order valence-corrected chi connectivity index (χ1v) is 10.6. The lowest BCUT2D eigenvalue weighted by atomic mass is 10.2. The molecule has 0 aliphatic rings. The van der Waals surface area contributed by atoms with E-state index in [2.05, 4.69) is 70.3 Å². The summed E-state index contributed by atoms with van der Waals surface area (Å²) in [5.41, 5.74) is 0. The maximum atomic E-state index is 10.5. The van der Waals surface area contributed by atoms with Gasteiger partial charge in [-0.1, -0.05) is 24.3 Å². The fourth-order valence-electron chi connectivity index (χ4n) is 2.89. The van der Waals surface area contributed by atoms with Crippen molar-refractivity contribution in [3.05, 3.63) is 57.6 Å². The molecule has 1 aromatic carbocycles. The first-order chi connectivity index (χ1) is 13.1. The zero-order chi connectivity index (χ0) is 19.2. The van der Waals surface area contributed by atoms with Crippen molar-refractivity contribution in [1.29, 1.82) is 0 Å². The van der Waals surface area contributed by atoms with Crippen molar-refractivity contribution in [3.63, 3.8) is 0 Å². The van der Waals surface area contributed by atoms with Crippen LogP contribution in [0.2, 0.25) is 0 Å². The topological polar surface area (TPSA) is 59.9 Å². The Balaban J connectivity index is 1.55. The number of benzene rings is 1. The molecule has 3 aromatic rings. The zero-order valence-corrected chi connectivity index (χ0v) is 17.5. The van der Waals surface area contributed by atoms with Gasteiger partial charge in [0.15, 0.2) is 5.96 Å². The van der Waals surface area contributed by atoms with Crippen LogP contribution in [0, 0.1) is 0 Å². The molecule has 0 aliphatic heterocycles. The molecule has 2 aromatic heterocycles. The van der Waals surface area contributed by atoms with Gasteiger partial charge in [0.05, 0.1) is 6.04 Å². The van der Waals surface area contributed by atoms with Gasteiger partial charge >= 0.3 is 0 Å². The average Bonchev–Trinajstić information content (AvgIpc) is 3.33. The number of nitrogens with zero attached hydrogens (tertiary/aromatic N) is 2. The third kappa shape index (κ3) is 5.07. The number of rotatable bonds is 7. The Kier molecular flexibility index (Phi) is 6.84. The number of aliphatic imine (C=N–C) groups is 1. The van der Waals surface area contributed by atoms with Gasteiger partial charge in [-0.15, -0.1) is 22.7 Å². The Bertz CT molecular complexity index is 840. The van der Waals surface area contributed by atoms with Crippen LogP contribution in [0.3, 0.4) is 0 Å². The molecule has 0 saturated carbocycles. The molecule has 0 radical (unpaired) electrons. The first-order valence-electron chi connectivity index (χ1n) is 8.89. The van der Waals surface area contributed by atoms with Gasteiger partial charge in [0.1, 0.15) is 6.10 Å². The molecule has 7 heteroatoms. The summed E-state index contributed by atoms with van der Waals surface area (Å²) >= 11 is 3.39. The van der Waals surface area contributed by atoms with E-state index in [1.807, 2.05) is 12.1 Å². The van der Waals surface area contributed by atoms with Crippen LogP contribution >= 0.6 is 22.7 Å². The SMILES string of the molecule is CN=C(NCC(O)c1cc2ccccc2s1)NCC(c1cccs1)N(C)C. The minimum Gasteiger partial charge on any atom is -0.386 e. The van der Waals surface area contributed by atoms with Crippen LogP contribution in [-0.4, -0.2) is 50.2 Å². The van der Waals surface area contributed by atoms with E-state index in [0.29, 0.717) is 12.5 Å². The van der Waals surface area contributed by atoms with E-state index in [1.54, 1.807) is 29.7 Å². The molecule has 2 atom stereocenters. The number of likely N-dealkylation sites (N-methyl/N-ethyl adjacent to an activating group) is 1. The largest absolute Gasteiger partial charge is 0.386 e. The summed E-state index contributed by atoms with van der Waals surface area (Å²) in [7, 11) is 5.90. The maximum Gasteiger partial charge on any atom is 0.191 e. The van der Waals surface area contributed by atoms with E-state index in [0.717, 1.165) is 11.4 Å². The van der Waals surface area contributed by atoms with Crippen LogP contribution in [0.25, 0.3) is 10.1 Å².